The minimum Gasteiger partial charge on any atom is -0.437 e. The van der Waals surface area contributed by atoms with Crippen LogP contribution in [0, 0.1) is 18.6 Å². The summed E-state index contributed by atoms with van der Waals surface area (Å²) in [5, 5.41) is 4.48. The van der Waals surface area contributed by atoms with E-state index in [-0.39, 0.29) is 23.3 Å². The molecular weight excluding hydrogens is 416 g/mol. The van der Waals surface area contributed by atoms with Crippen LogP contribution in [0.1, 0.15) is 61.0 Å². The molecule has 2 unspecified atom stereocenters. The summed E-state index contributed by atoms with van der Waals surface area (Å²) in [5.41, 5.74) is 2.16. The molecule has 1 saturated heterocycles. The summed E-state index contributed by atoms with van der Waals surface area (Å²) in [6.45, 7) is 2.26. The number of benzene rings is 1. The van der Waals surface area contributed by atoms with Crippen LogP contribution in [0.5, 0.6) is 0 Å². The van der Waals surface area contributed by atoms with Crippen LogP contribution in [0.2, 0.25) is 0 Å². The van der Waals surface area contributed by atoms with Gasteiger partial charge in [0.2, 0.25) is 5.65 Å². The Morgan fingerprint density at radius 2 is 1.97 bits per heavy atom. The fraction of sp³-hybridized carbons (Fsp3) is 0.391. The van der Waals surface area contributed by atoms with Crippen molar-refractivity contribution in [2.24, 2.45) is 0 Å². The number of fused-ring (bicyclic) bond motifs is 1. The Hall–Kier alpha value is -3.20. The number of aryl methyl sites for hydroxylation is 1. The molecule has 6 rings (SSSR count). The molecule has 0 bridgehead atoms. The van der Waals surface area contributed by atoms with Gasteiger partial charge in [-0.15, -0.1) is 0 Å². The highest BCUT2D eigenvalue weighted by Gasteiger charge is 2.31. The number of halogens is 2. The third-order valence-corrected chi connectivity index (χ3v) is 6.13. The smallest absolute Gasteiger partial charge is 0.202 e. The quantitative estimate of drug-likeness (QED) is 0.445. The van der Waals surface area contributed by atoms with Gasteiger partial charge in [-0.3, -0.25) is 4.68 Å². The lowest BCUT2D eigenvalue weighted by Crippen LogP contribution is -2.20. The third kappa shape index (κ3) is 3.46. The van der Waals surface area contributed by atoms with Crippen molar-refractivity contribution >= 4 is 11.2 Å². The van der Waals surface area contributed by atoms with Crippen LogP contribution >= 0.6 is 0 Å². The van der Waals surface area contributed by atoms with Crippen LogP contribution in [0.15, 0.2) is 35.0 Å². The molecule has 32 heavy (non-hydrogen) atoms. The highest BCUT2D eigenvalue weighted by atomic mass is 19.1. The number of rotatable bonds is 4. The maximum atomic E-state index is 14.6. The summed E-state index contributed by atoms with van der Waals surface area (Å²) in [6, 6.07) is 3.93. The highest BCUT2D eigenvalue weighted by molar-refractivity contribution is 5.85. The molecule has 0 spiro atoms. The molecule has 0 N–H and O–H groups in total. The maximum absolute atomic E-state index is 14.6. The standard InChI is InChI=1S/C23H21F2N5O2/c1-12-27-23-21(32-12)20(17-5-2-15(24)9-18(17)25)28-22(29-23)13-6-7-31-19(8-13)14-10-26-30(11-14)16-3-4-16/h2,5,9-11,13,16,19H,3-4,6-8H2,1H3. The first-order chi connectivity index (χ1) is 15.5. The van der Waals surface area contributed by atoms with E-state index >= 15 is 0 Å². The van der Waals surface area contributed by atoms with Crippen molar-refractivity contribution in [1.82, 2.24) is 24.7 Å². The van der Waals surface area contributed by atoms with Gasteiger partial charge in [0.05, 0.1) is 18.3 Å². The van der Waals surface area contributed by atoms with Gasteiger partial charge in [-0.2, -0.15) is 10.1 Å². The van der Waals surface area contributed by atoms with E-state index in [2.05, 4.69) is 26.2 Å². The monoisotopic (exact) mass is 437 g/mol. The summed E-state index contributed by atoms with van der Waals surface area (Å²) in [5.74, 6) is -0.381. The molecule has 3 aromatic heterocycles. The SMILES string of the molecule is Cc1nc2nc(C3CCOC(c4cnn(C5CC5)c4)C3)nc(-c3ccc(F)cc3F)c2o1. The van der Waals surface area contributed by atoms with Gasteiger partial charge in [-0.1, -0.05) is 0 Å². The molecule has 2 fully saturated rings. The molecule has 1 saturated carbocycles. The lowest BCUT2D eigenvalue weighted by atomic mass is 9.92. The van der Waals surface area contributed by atoms with Crippen LogP contribution in [0.4, 0.5) is 8.78 Å². The first kappa shape index (κ1) is 19.5. The van der Waals surface area contributed by atoms with Gasteiger partial charge in [0, 0.05) is 42.8 Å². The van der Waals surface area contributed by atoms with E-state index in [1.165, 1.54) is 25.0 Å². The van der Waals surface area contributed by atoms with E-state index in [0.717, 1.165) is 18.1 Å². The Morgan fingerprint density at radius 3 is 2.78 bits per heavy atom. The minimum absolute atomic E-state index is 0.00157. The summed E-state index contributed by atoms with van der Waals surface area (Å²) < 4.78 is 41.8. The van der Waals surface area contributed by atoms with Crippen molar-refractivity contribution in [3.05, 3.63) is 59.5 Å². The van der Waals surface area contributed by atoms with Gasteiger partial charge in [-0.25, -0.2) is 18.7 Å². The van der Waals surface area contributed by atoms with Gasteiger partial charge in [-0.05, 0) is 37.8 Å². The van der Waals surface area contributed by atoms with Gasteiger partial charge in [0.15, 0.2) is 11.5 Å². The normalized spacial score (nSPS) is 21.3. The predicted molar refractivity (Wildman–Crippen MR) is 111 cm³/mol. The molecule has 7 nitrogen and oxygen atoms in total. The Balaban J connectivity index is 1.37. The second kappa shape index (κ2) is 7.44. The molecule has 1 aliphatic heterocycles. The predicted octanol–water partition coefficient (Wildman–Crippen LogP) is 5.04. The number of ether oxygens (including phenoxy) is 1. The van der Waals surface area contributed by atoms with Gasteiger partial charge in [0.1, 0.15) is 23.2 Å². The Kier molecular flexibility index (Phi) is 4.53. The first-order valence-corrected chi connectivity index (χ1v) is 10.8. The lowest BCUT2D eigenvalue weighted by Gasteiger charge is -2.28. The molecule has 2 aliphatic rings. The summed E-state index contributed by atoms with van der Waals surface area (Å²) in [4.78, 5) is 13.7. The third-order valence-electron chi connectivity index (χ3n) is 6.13. The number of hydrogen-bond acceptors (Lipinski definition) is 6. The van der Waals surface area contributed by atoms with Crippen LogP contribution in [0.3, 0.4) is 0 Å². The molecule has 0 radical (unpaired) electrons. The van der Waals surface area contributed by atoms with E-state index in [1.54, 1.807) is 6.92 Å². The molecule has 0 amide bonds. The molecule has 164 valence electrons. The van der Waals surface area contributed by atoms with Crippen molar-refractivity contribution in [2.75, 3.05) is 6.61 Å². The van der Waals surface area contributed by atoms with Crippen LogP contribution in [-0.2, 0) is 4.74 Å². The fourth-order valence-corrected chi connectivity index (χ4v) is 4.31. The van der Waals surface area contributed by atoms with Crippen molar-refractivity contribution in [3.8, 4) is 11.3 Å². The molecule has 4 heterocycles. The average Bonchev–Trinajstić information content (AvgIpc) is 3.38. The van der Waals surface area contributed by atoms with Crippen molar-refractivity contribution in [1.29, 1.82) is 0 Å². The largest absolute Gasteiger partial charge is 0.437 e. The Labute approximate surface area is 182 Å². The van der Waals surface area contributed by atoms with Gasteiger partial charge in [0.25, 0.3) is 0 Å². The molecule has 1 aliphatic carbocycles. The van der Waals surface area contributed by atoms with E-state index in [4.69, 9.17) is 9.15 Å². The highest BCUT2D eigenvalue weighted by Crippen LogP contribution is 2.40. The molecule has 4 aromatic rings. The van der Waals surface area contributed by atoms with E-state index in [9.17, 15) is 8.78 Å². The number of oxazole rings is 1. The second-order valence-electron chi connectivity index (χ2n) is 8.51. The zero-order chi connectivity index (χ0) is 21.8. The van der Waals surface area contributed by atoms with Crippen LogP contribution in [0.25, 0.3) is 22.5 Å². The van der Waals surface area contributed by atoms with Crippen molar-refractivity contribution in [2.45, 2.75) is 50.7 Å². The molecule has 2 atom stereocenters. The first-order valence-electron chi connectivity index (χ1n) is 10.8. The van der Waals surface area contributed by atoms with Gasteiger partial charge >= 0.3 is 0 Å². The van der Waals surface area contributed by atoms with Crippen LogP contribution in [-0.4, -0.2) is 31.3 Å². The molecule has 9 heteroatoms. The lowest BCUT2D eigenvalue weighted by molar-refractivity contribution is 0.00396. The fourth-order valence-electron chi connectivity index (χ4n) is 4.31. The van der Waals surface area contributed by atoms with Crippen LogP contribution < -0.4 is 0 Å². The zero-order valence-corrected chi connectivity index (χ0v) is 17.5. The van der Waals surface area contributed by atoms with Gasteiger partial charge < -0.3 is 9.15 Å². The number of aromatic nitrogens is 5. The summed E-state index contributed by atoms with van der Waals surface area (Å²) in [7, 11) is 0. The summed E-state index contributed by atoms with van der Waals surface area (Å²) in [6.07, 6.45) is 7.59. The maximum Gasteiger partial charge on any atom is 0.202 e. The second-order valence-corrected chi connectivity index (χ2v) is 8.51. The van der Waals surface area contributed by atoms with Crippen molar-refractivity contribution < 1.29 is 17.9 Å². The number of nitrogens with zero attached hydrogens (tertiary/aromatic N) is 5. The minimum atomic E-state index is -0.706. The van der Waals surface area contributed by atoms with Crippen molar-refractivity contribution in [3.63, 3.8) is 0 Å². The van der Waals surface area contributed by atoms with E-state index in [0.29, 0.717) is 42.0 Å². The zero-order valence-electron chi connectivity index (χ0n) is 17.5. The summed E-state index contributed by atoms with van der Waals surface area (Å²) >= 11 is 0. The Bertz CT molecular complexity index is 1310. The van der Waals surface area contributed by atoms with E-state index < -0.39 is 11.6 Å². The molecule has 1 aromatic carbocycles. The topological polar surface area (TPSA) is 78.9 Å². The van der Waals surface area contributed by atoms with E-state index in [1.807, 2.05) is 10.9 Å². The Morgan fingerprint density at radius 1 is 1.09 bits per heavy atom. The molecular formula is C23H21F2N5O2. The average molecular weight is 437 g/mol. The number of hydrogen-bond donors (Lipinski definition) is 0.